The number of hydrogen-bond acceptors (Lipinski definition) is 9. The van der Waals surface area contributed by atoms with E-state index in [1.165, 1.54) is 19.3 Å². The van der Waals surface area contributed by atoms with Gasteiger partial charge in [0.25, 0.3) is 0 Å². The van der Waals surface area contributed by atoms with Crippen molar-refractivity contribution >= 4 is 5.95 Å². The van der Waals surface area contributed by atoms with Gasteiger partial charge in [0.1, 0.15) is 0 Å². The monoisotopic (exact) mass is 352 g/mol. The van der Waals surface area contributed by atoms with Crippen LogP contribution in [0.3, 0.4) is 0 Å². The van der Waals surface area contributed by atoms with Crippen LogP contribution in [0.2, 0.25) is 0 Å². The van der Waals surface area contributed by atoms with Gasteiger partial charge in [-0.2, -0.15) is 0 Å². The molecule has 2 heterocycles. The van der Waals surface area contributed by atoms with E-state index in [1.54, 1.807) is 14.2 Å². The van der Waals surface area contributed by atoms with Gasteiger partial charge in [-0.1, -0.05) is 0 Å². The number of aromatic nitrogens is 3. The van der Waals surface area contributed by atoms with Crippen LogP contribution in [0.5, 0.6) is 12.0 Å². The quantitative estimate of drug-likeness (QED) is 0.506. The van der Waals surface area contributed by atoms with E-state index in [9.17, 15) is 0 Å². The predicted molar refractivity (Wildman–Crippen MR) is 68.9 cm³/mol. The first-order valence-electron chi connectivity index (χ1n) is 7.06. The first-order valence-corrected chi connectivity index (χ1v) is 8.30. The van der Waals surface area contributed by atoms with Gasteiger partial charge in [-0.3, -0.25) is 4.48 Å². The summed E-state index contributed by atoms with van der Waals surface area (Å²) in [5.74, 6) is 0.765. The second kappa shape index (κ2) is 8.52. The van der Waals surface area contributed by atoms with Crippen molar-refractivity contribution in [1.29, 1.82) is 0 Å². The van der Waals surface area contributed by atoms with Crippen molar-refractivity contribution in [2.45, 2.75) is 26.2 Å². The summed E-state index contributed by atoms with van der Waals surface area (Å²) in [6.07, 6.45) is 3.72. The first kappa shape index (κ1) is 19.7. The molecule has 0 amide bonds. The Bertz CT molecular complexity index is 465. The second-order valence-corrected chi connectivity index (χ2v) is 5.71. The van der Waals surface area contributed by atoms with Crippen LogP contribution < -0.4 is 32.6 Å². The molecule has 0 N–H and O–H groups in total. The highest BCUT2D eigenvalue weighted by Crippen LogP contribution is 2.27. The van der Waals surface area contributed by atoms with E-state index in [0.29, 0.717) is 12.0 Å². The van der Waals surface area contributed by atoms with Crippen LogP contribution in [-0.2, 0) is 0 Å². The number of hydrogen-bond donors (Lipinski definition) is 0. The lowest BCUT2D eigenvalue weighted by molar-refractivity contribution is -2.00. The maximum absolute atomic E-state index is 8.49. The second-order valence-electron chi connectivity index (χ2n) is 4.96. The molecule has 0 aliphatic carbocycles. The van der Waals surface area contributed by atoms with E-state index < -0.39 is 10.2 Å². The van der Waals surface area contributed by atoms with Crippen molar-refractivity contribution in [3.8, 4) is 12.0 Å². The topological polar surface area (TPSA) is 149 Å². The average molecular weight is 353 g/mol. The van der Waals surface area contributed by atoms with Gasteiger partial charge in [-0.15, -0.1) is 25.2 Å². The molecule has 10 nitrogen and oxygen atoms in total. The summed E-state index contributed by atoms with van der Waals surface area (Å²) >= 11 is 0. The van der Waals surface area contributed by atoms with Gasteiger partial charge in [-0.05, 0) is 26.2 Å². The summed E-state index contributed by atoms with van der Waals surface area (Å²) in [4.78, 5) is 12.9. The third-order valence-corrected chi connectivity index (χ3v) is 3.65. The average Bonchev–Trinajstić information content (AvgIpc) is 2.53. The fourth-order valence-corrected chi connectivity index (χ4v) is 2.50. The van der Waals surface area contributed by atoms with Crippen LogP contribution in [0.25, 0.3) is 0 Å². The highest BCUT2D eigenvalue weighted by Gasteiger charge is 2.35. The number of rotatable bonds is 4. The molecule has 0 bridgehead atoms. The van der Waals surface area contributed by atoms with Crippen LogP contribution in [0.4, 0.5) is 5.95 Å². The number of nitrogens with zero attached hydrogens (tertiary/aromatic N) is 4. The van der Waals surface area contributed by atoms with Crippen molar-refractivity contribution in [2.75, 3.05) is 33.9 Å². The largest absolute Gasteiger partial charge is 0.466 e. The zero-order chi connectivity index (χ0) is 17.5. The summed E-state index contributed by atoms with van der Waals surface area (Å²) in [6, 6.07) is 0.654. The molecule has 23 heavy (non-hydrogen) atoms. The summed E-state index contributed by atoms with van der Waals surface area (Å²) in [6.45, 7) is 5.31. The molecule has 1 aromatic heterocycles. The number of quaternary nitrogens is 1. The Labute approximate surface area is 136 Å². The van der Waals surface area contributed by atoms with E-state index >= 15 is 0 Å². The van der Waals surface area contributed by atoms with Gasteiger partial charge in [0.15, 0.2) is 0 Å². The van der Waals surface area contributed by atoms with Crippen molar-refractivity contribution in [1.82, 2.24) is 19.4 Å². The molecular formula is C12H21ClN4O6. The van der Waals surface area contributed by atoms with Gasteiger partial charge >= 0.3 is 18.0 Å². The fraction of sp³-hybridized carbons (Fsp3) is 0.750. The predicted octanol–water partition coefficient (Wildman–Crippen LogP) is -3.36. The minimum absolute atomic E-state index is 0.327. The number of likely N-dealkylation sites (tertiary alicyclic amines) is 1. The van der Waals surface area contributed by atoms with Crippen LogP contribution in [-0.4, -0.2) is 48.8 Å². The molecular weight excluding hydrogens is 332 g/mol. The highest BCUT2D eigenvalue weighted by molar-refractivity contribution is 5.28. The Morgan fingerprint density at radius 3 is 1.70 bits per heavy atom. The maximum atomic E-state index is 8.49. The molecule has 0 unspecified atom stereocenters. The summed E-state index contributed by atoms with van der Waals surface area (Å²) < 4.78 is 45.0. The molecule has 2 rings (SSSR count). The molecule has 0 atom stereocenters. The summed E-state index contributed by atoms with van der Waals surface area (Å²) in [5, 5.41) is 0. The number of methoxy groups -OCH3 is 2. The minimum atomic E-state index is -4.94. The Kier molecular flexibility index (Phi) is 7.32. The lowest BCUT2D eigenvalue weighted by Crippen LogP contribution is -2.68. The van der Waals surface area contributed by atoms with Crippen LogP contribution in [0, 0.1) is 10.2 Å². The van der Waals surface area contributed by atoms with Crippen LogP contribution >= 0.6 is 0 Å². The Morgan fingerprint density at radius 2 is 1.35 bits per heavy atom. The molecule has 0 radical (unpaired) electrons. The van der Waals surface area contributed by atoms with Gasteiger partial charge < -0.3 is 9.47 Å². The van der Waals surface area contributed by atoms with E-state index in [2.05, 4.69) is 21.9 Å². The molecule has 1 saturated heterocycles. The van der Waals surface area contributed by atoms with E-state index in [-0.39, 0.29) is 0 Å². The Balaban J connectivity index is 0.000000463. The summed E-state index contributed by atoms with van der Waals surface area (Å²) in [5.41, 5.74) is 0. The molecule has 132 valence electrons. The lowest BCUT2D eigenvalue weighted by atomic mass is 10.1. The van der Waals surface area contributed by atoms with Crippen LogP contribution in [0.15, 0.2) is 0 Å². The van der Waals surface area contributed by atoms with Crippen molar-refractivity contribution < 1.29 is 38.4 Å². The number of piperidine rings is 1. The first-order chi connectivity index (χ1) is 10.7. The molecule has 1 aromatic rings. The molecule has 1 aliphatic rings. The third kappa shape index (κ3) is 6.37. The van der Waals surface area contributed by atoms with Crippen molar-refractivity contribution in [3.63, 3.8) is 0 Å². The molecule has 1 aliphatic heterocycles. The Hall–Kier alpha value is -1.30. The van der Waals surface area contributed by atoms with E-state index in [1.807, 2.05) is 0 Å². The maximum Gasteiger partial charge on any atom is 0.338 e. The molecule has 0 spiro atoms. The Morgan fingerprint density at radius 1 is 0.913 bits per heavy atom. The van der Waals surface area contributed by atoms with E-state index in [0.717, 1.165) is 30.1 Å². The van der Waals surface area contributed by atoms with Crippen molar-refractivity contribution in [2.24, 2.45) is 0 Å². The highest BCUT2D eigenvalue weighted by atomic mass is 35.7. The lowest BCUT2D eigenvalue weighted by Gasteiger charge is -2.37. The zero-order valence-electron chi connectivity index (χ0n) is 13.4. The molecule has 1 fully saturated rings. The normalized spacial score (nSPS) is 17.0. The molecule has 0 aromatic carbocycles. The number of ether oxygens (including phenoxy) is 2. The standard InChI is InChI=1S/C12H21N4O2.ClHO4/c1-4-16(8-6-5-7-9-16)10-13-11(17-2)15-12(14-10)18-3;2-1(3,4)5/h4-9H2,1-3H3;(H,2,3,4,5)/q+1;/p-1. The van der Waals surface area contributed by atoms with Crippen LogP contribution in [0.1, 0.15) is 26.2 Å². The van der Waals surface area contributed by atoms with Crippen molar-refractivity contribution in [3.05, 3.63) is 0 Å². The molecule has 11 heteroatoms. The van der Waals surface area contributed by atoms with E-state index in [4.69, 9.17) is 28.1 Å². The van der Waals surface area contributed by atoms with Gasteiger partial charge in [0.05, 0.1) is 33.9 Å². The molecule has 0 saturated carbocycles. The van der Waals surface area contributed by atoms with Gasteiger partial charge in [0, 0.05) is 0 Å². The fourth-order valence-electron chi connectivity index (χ4n) is 2.50. The van der Waals surface area contributed by atoms with Gasteiger partial charge in [-0.25, -0.2) is 18.6 Å². The summed E-state index contributed by atoms with van der Waals surface area (Å²) in [7, 11) is -1.82. The smallest absolute Gasteiger partial charge is 0.338 e. The van der Waals surface area contributed by atoms with Gasteiger partial charge in [0.2, 0.25) is 0 Å². The zero-order valence-corrected chi connectivity index (χ0v) is 14.1. The SMILES string of the molecule is CC[N+]1(c2nc(OC)nc(OC)n2)CCCCC1.[O-][Cl+3]([O-])([O-])[O-]. The number of halogens is 1. The minimum Gasteiger partial charge on any atom is -0.466 e. The third-order valence-electron chi connectivity index (χ3n) is 3.65.